The monoisotopic (exact) mass is 261 g/mol. The summed E-state index contributed by atoms with van der Waals surface area (Å²) in [6, 6.07) is 1.98. The van der Waals surface area contributed by atoms with Gasteiger partial charge in [0.2, 0.25) is 0 Å². The first-order valence-electron chi connectivity index (χ1n) is 4.68. The van der Waals surface area contributed by atoms with Crippen molar-refractivity contribution >= 4 is 12.2 Å². The summed E-state index contributed by atoms with van der Waals surface area (Å²) < 4.78 is 42.3. The number of halogens is 3. The van der Waals surface area contributed by atoms with Gasteiger partial charge in [-0.2, -0.15) is 18.3 Å². The molecule has 0 spiro atoms. The van der Waals surface area contributed by atoms with E-state index in [4.69, 9.17) is 10.5 Å². The van der Waals surface area contributed by atoms with Crippen LogP contribution in [0.5, 0.6) is 5.75 Å². The summed E-state index contributed by atoms with van der Waals surface area (Å²) in [5, 5.41) is 3.38. The SMILES string of the molecule is COc1ccc(C(F)(F)F)cc1C=NNC(N)=O. The fraction of sp³-hybridized carbons (Fsp3) is 0.200. The Balaban J connectivity index is 3.07. The molecule has 0 atom stereocenters. The number of hydrogen-bond acceptors (Lipinski definition) is 3. The molecular formula is C10H10F3N3O2. The molecule has 1 aromatic rings. The highest BCUT2D eigenvalue weighted by Gasteiger charge is 2.30. The van der Waals surface area contributed by atoms with Crippen molar-refractivity contribution in [3.8, 4) is 5.75 Å². The van der Waals surface area contributed by atoms with Crippen LogP contribution in [0.25, 0.3) is 0 Å². The highest BCUT2D eigenvalue weighted by atomic mass is 19.4. The van der Waals surface area contributed by atoms with Gasteiger partial charge in [0.1, 0.15) is 5.75 Å². The first-order valence-corrected chi connectivity index (χ1v) is 4.68. The smallest absolute Gasteiger partial charge is 0.416 e. The molecule has 0 aliphatic rings. The van der Waals surface area contributed by atoms with Crippen molar-refractivity contribution in [3.63, 3.8) is 0 Å². The van der Waals surface area contributed by atoms with Gasteiger partial charge in [0.05, 0.1) is 18.9 Å². The Hall–Kier alpha value is -2.25. The first kappa shape index (κ1) is 13.8. The van der Waals surface area contributed by atoms with Crippen LogP contribution in [0.3, 0.4) is 0 Å². The van der Waals surface area contributed by atoms with Crippen LogP contribution in [0.4, 0.5) is 18.0 Å². The fourth-order valence-corrected chi connectivity index (χ4v) is 1.18. The van der Waals surface area contributed by atoms with Gasteiger partial charge in [-0.05, 0) is 18.2 Å². The molecular weight excluding hydrogens is 251 g/mol. The van der Waals surface area contributed by atoms with Crippen molar-refractivity contribution in [1.29, 1.82) is 0 Å². The van der Waals surface area contributed by atoms with Gasteiger partial charge in [-0.25, -0.2) is 10.2 Å². The van der Waals surface area contributed by atoms with Crippen molar-refractivity contribution in [2.24, 2.45) is 10.8 Å². The third kappa shape index (κ3) is 3.65. The van der Waals surface area contributed by atoms with Crippen molar-refractivity contribution in [2.75, 3.05) is 7.11 Å². The molecule has 0 fully saturated rings. The number of rotatable bonds is 3. The average Bonchev–Trinajstić information content (AvgIpc) is 2.27. The number of urea groups is 1. The summed E-state index contributed by atoms with van der Waals surface area (Å²) in [5.74, 6) is 0.193. The number of carbonyl (C=O) groups excluding carboxylic acids is 1. The van der Waals surface area contributed by atoms with Gasteiger partial charge >= 0.3 is 12.2 Å². The van der Waals surface area contributed by atoms with Crippen LogP contribution < -0.4 is 15.9 Å². The largest absolute Gasteiger partial charge is 0.496 e. The van der Waals surface area contributed by atoms with Gasteiger partial charge in [0, 0.05) is 5.56 Å². The molecule has 0 bridgehead atoms. The van der Waals surface area contributed by atoms with E-state index in [0.29, 0.717) is 0 Å². The molecule has 2 amide bonds. The van der Waals surface area contributed by atoms with E-state index in [1.54, 1.807) is 0 Å². The molecule has 0 unspecified atom stereocenters. The van der Waals surface area contributed by atoms with E-state index in [2.05, 4.69) is 5.10 Å². The number of ether oxygens (including phenoxy) is 1. The lowest BCUT2D eigenvalue weighted by molar-refractivity contribution is -0.137. The number of benzene rings is 1. The second kappa shape index (κ2) is 5.39. The zero-order chi connectivity index (χ0) is 13.8. The number of carbonyl (C=O) groups is 1. The van der Waals surface area contributed by atoms with E-state index < -0.39 is 17.8 Å². The lowest BCUT2D eigenvalue weighted by Crippen LogP contribution is -2.24. The number of hydrazone groups is 1. The Bertz CT molecular complexity index is 472. The van der Waals surface area contributed by atoms with E-state index in [1.807, 2.05) is 5.43 Å². The number of alkyl halides is 3. The van der Waals surface area contributed by atoms with Crippen LogP contribution in [-0.4, -0.2) is 19.4 Å². The summed E-state index contributed by atoms with van der Waals surface area (Å²) in [6.45, 7) is 0. The molecule has 0 saturated heterocycles. The average molecular weight is 261 g/mol. The number of primary amides is 1. The highest BCUT2D eigenvalue weighted by molar-refractivity contribution is 5.85. The van der Waals surface area contributed by atoms with Crippen LogP contribution >= 0.6 is 0 Å². The third-order valence-electron chi connectivity index (χ3n) is 1.94. The number of nitrogens with zero attached hydrogens (tertiary/aromatic N) is 1. The third-order valence-corrected chi connectivity index (χ3v) is 1.94. The topological polar surface area (TPSA) is 76.7 Å². The zero-order valence-corrected chi connectivity index (χ0v) is 9.28. The summed E-state index contributed by atoms with van der Waals surface area (Å²) in [7, 11) is 1.31. The maximum atomic E-state index is 12.5. The van der Waals surface area contributed by atoms with Gasteiger partial charge in [-0.3, -0.25) is 0 Å². The Labute approximate surface area is 100 Å². The summed E-state index contributed by atoms with van der Waals surface area (Å²) in [4.78, 5) is 10.4. The van der Waals surface area contributed by atoms with Crippen molar-refractivity contribution in [1.82, 2.24) is 5.43 Å². The minimum absolute atomic E-state index is 0.0704. The van der Waals surface area contributed by atoms with Crippen LogP contribution in [-0.2, 0) is 6.18 Å². The second-order valence-electron chi connectivity index (χ2n) is 3.19. The quantitative estimate of drug-likeness (QED) is 0.642. The Morgan fingerprint density at radius 3 is 2.67 bits per heavy atom. The number of hydrogen-bond donors (Lipinski definition) is 2. The maximum absolute atomic E-state index is 12.5. The molecule has 0 saturated carbocycles. The Morgan fingerprint density at radius 2 is 2.17 bits per heavy atom. The van der Waals surface area contributed by atoms with Gasteiger partial charge < -0.3 is 10.5 Å². The Morgan fingerprint density at radius 1 is 1.50 bits per heavy atom. The molecule has 8 heteroatoms. The van der Waals surface area contributed by atoms with E-state index in [9.17, 15) is 18.0 Å². The minimum Gasteiger partial charge on any atom is -0.496 e. The maximum Gasteiger partial charge on any atom is 0.416 e. The predicted molar refractivity (Wildman–Crippen MR) is 58.3 cm³/mol. The number of nitrogens with two attached hydrogens (primary N) is 1. The van der Waals surface area contributed by atoms with Crippen LogP contribution in [0, 0.1) is 0 Å². The normalized spacial score (nSPS) is 11.6. The highest BCUT2D eigenvalue weighted by Crippen LogP contribution is 2.31. The number of nitrogens with one attached hydrogen (secondary N) is 1. The van der Waals surface area contributed by atoms with Crippen LogP contribution in [0.15, 0.2) is 23.3 Å². The first-order chi connectivity index (χ1) is 8.34. The molecule has 1 rings (SSSR count). The van der Waals surface area contributed by atoms with E-state index in [1.165, 1.54) is 7.11 Å². The molecule has 0 heterocycles. The van der Waals surface area contributed by atoms with Gasteiger partial charge in [-0.1, -0.05) is 0 Å². The van der Waals surface area contributed by atoms with E-state index in [0.717, 1.165) is 24.4 Å². The molecule has 0 aliphatic heterocycles. The van der Waals surface area contributed by atoms with Crippen molar-refractivity contribution < 1.29 is 22.7 Å². The molecule has 0 aliphatic carbocycles. The fourth-order valence-electron chi connectivity index (χ4n) is 1.18. The second-order valence-corrected chi connectivity index (χ2v) is 3.19. The van der Waals surface area contributed by atoms with Gasteiger partial charge in [-0.15, -0.1) is 0 Å². The molecule has 0 aromatic heterocycles. The molecule has 98 valence electrons. The van der Waals surface area contributed by atoms with Crippen LogP contribution in [0.2, 0.25) is 0 Å². The summed E-state index contributed by atoms with van der Waals surface area (Å²) >= 11 is 0. The van der Waals surface area contributed by atoms with Crippen LogP contribution in [0.1, 0.15) is 11.1 Å². The van der Waals surface area contributed by atoms with E-state index >= 15 is 0 Å². The Kier molecular flexibility index (Phi) is 4.13. The predicted octanol–water partition coefficient (Wildman–Crippen LogP) is 1.72. The lowest BCUT2D eigenvalue weighted by atomic mass is 10.1. The van der Waals surface area contributed by atoms with Crippen molar-refractivity contribution in [3.05, 3.63) is 29.3 Å². The summed E-state index contributed by atoms with van der Waals surface area (Å²) in [6.07, 6.45) is -3.45. The molecule has 1 aromatic carbocycles. The summed E-state index contributed by atoms with van der Waals surface area (Å²) in [5.41, 5.74) is 5.85. The number of amides is 2. The lowest BCUT2D eigenvalue weighted by Gasteiger charge is -2.10. The van der Waals surface area contributed by atoms with E-state index in [-0.39, 0.29) is 11.3 Å². The molecule has 5 nitrogen and oxygen atoms in total. The standard InChI is InChI=1S/C10H10F3N3O2/c1-18-8-3-2-7(10(11,12)13)4-6(8)5-15-16-9(14)17/h2-5H,1H3,(H3,14,16,17). The van der Waals surface area contributed by atoms with Gasteiger partial charge in [0.15, 0.2) is 0 Å². The minimum atomic E-state index is -4.47. The van der Waals surface area contributed by atoms with Gasteiger partial charge in [0.25, 0.3) is 0 Å². The molecule has 18 heavy (non-hydrogen) atoms. The zero-order valence-electron chi connectivity index (χ0n) is 9.28. The molecule has 0 radical (unpaired) electrons. The van der Waals surface area contributed by atoms with Crippen molar-refractivity contribution in [2.45, 2.75) is 6.18 Å². The molecule has 3 N–H and O–H groups in total. The number of methoxy groups -OCH3 is 1.